The summed E-state index contributed by atoms with van der Waals surface area (Å²) in [6, 6.07) is 7.30. The minimum atomic E-state index is -1.14. The first-order chi connectivity index (χ1) is 12.0. The van der Waals surface area contributed by atoms with Gasteiger partial charge in [0.25, 0.3) is 0 Å². The van der Waals surface area contributed by atoms with Crippen molar-refractivity contribution in [2.75, 3.05) is 13.2 Å². The van der Waals surface area contributed by atoms with Crippen LogP contribution >= 0.6 is 15.9 Å². The number of rotatable bonds is 9. The lowest BCUT2D eigenvalue weighted by Gasteiger charge is -2.24. The van der Waals surface area contributed by atoms with Crippen molar-refractivity contribution in [2.45, 2.75) is 39.0 Å². The van der Waals surface area contributed by atoms with Crippen molar-refractivity contribution in [3.05, 3.63) is 34.3 Å². The van der Waals surface area contributed by atoms with Crippen molar-refractivity contribution < 1.29 is 23.9 Å². The molecule has 2 rings (SSSR count). The highest BCUT2D eigenvalue weighted by molar-refractivity contribution is 9.10. The van der Waals surface area contributed by atoms with Crippen LogP contribution in [0, 0.1) is 11.8 Å². The van der Waals surface area contributed by atoms with E-state index in [2.05, 4.69) is 15.9 Å². The van der Waals surface area contributed by atoms with E-state index >= 15 is 0 Å². The van der Waals surface area contributed by atoms with Gasteiger partial charge in [0.1, 0.15) is 5.78 Å². The molecule has 25 heavy (non-hydrogen) atoms. The third-order valence-corrected chi connectivity index (χ3v) is 4.76. The van der Waals surface area contributed by atoms with Crippen LogP contribution in [-0.4, -0.2) is 30.9 Å². The summed E-state index contributed by atoms with van der Waals surface area (Å²) in [4.78, 5) is 37.3. The van der Waals surface area contributed by atoms with Gasteiger partial charge in [-0.2, -0.15) is 0 Å². The monoisotopic (exact) mass is 410 g/mol. The molecule has 0 radical (unpaired) electrons. The van der Waals surface area contributed by atoms with Crippen LogP contribution in [0.15, 0.2) is 28.7 Å². The highest BCUT2D eigenvalue weighted by Crippen LogP contribution is 2.37. The van der Waals surface area contributed by atoms with Gasteiger partial charge in [0.15, 0.2) is 5.92 Å². The first kappa shape index (κ1) is 19.6. The molecule has 0 bridgehead atoms. The van der Waals surface area contributed by atoms with Crippen LogP contribution in [0.5, 0.6) is 0 Å². The Morgan fingerprint density at radius 1 is 1.04 bits per heavy atom. The lowest BCUT2D eigenvalue weighted by molar-refractivity contribution is -0.162. The van der Waals surface area contributed by atoms with E-state index in [1.165, 1.54) is 0 Å². The van der Waals surface area contributed by atoms with Crippen LogP contribution in [0.3, 0.4) is 0 Å². The summed E-state index contributed by atoms with van der Waals surface area (Å²) < 4.78 is 11.1. The first-order valence-electron chi connectivity index (χ1n) is 8.59. The fourth-order valence-corrected chi connectivity index (χ4v) is 3.08. The zero-order valence-electron chi connectivity index (χ0n) is 14.5. The molecule has 0 amide bonds. The number of Topliss-reactive ketones (excluding diaryl/α,β-unsaturated/α-hetero) is 1. The van der Waals surface area contributed by atoms with Gasteiger partial charge in [-0.3, -0.25) is 14.4 Å². The van der Waals surface area contributed by atoms with Crippen molar-refractivity contribution in [3.63, 3.8) is 0 Å². The maximum atomic E-state index is 12.5. The molecule has 0 saturated heterocycles. The van der Waals surface area contributed by atoms with E-state index in [1.54, 1.807) is 13.8 Å². The number of benzene rings is 1. The van der Waals surface area contributed by atoms with E-state index in [-0.39, 0.29) is 31.3 Å². The third kappa shape index (κ3) is 5.39. The zero-order valence-corrected chi connectivity index (χ0v) is 16.1. The van der Waals surface area contributed by atoms with Gasteiger partial charge in [-0.1, -0.05) is 28.1 Å². The molecule has 1 saturated carbocycles. The van der Waals surface area contributed by atoms with Gasteiger partial charge in [-0.05, 0) is 44.4 Å². The Hall–Kier alpha value is -1.69. The van der Waals surface area contributed by atoms with E-state index < -0.39 is 23.8 Å². The smallest absolute Gasteiger partial charge is 0.320 e. The molecule has 1 aromatic rings. The zero-order chi connectivity index (χ0) is 18.4. The second-order valence-electron chi connectivity index (χ2n) is 6.08. The minimum Gasteiger partial charge on any atom is -0.465 e. The Bertz CT molecular complexity index is 603. The fraction of sp³-hybridized carbons (Fsp3) is 0.526. The minimum absolute atomic E-state index is 0.0583. The summed E-state index contributed by atoms with van der Waals surface area (Å²) in [6.45, 7) is 3.70. The van der Waals surface area contributed by atoms with E-state index in [0.717, 1.165) is 22.9 Å². The van der Waals surface area contributed by atoms with Crippen molar-refractivity contribution >= 4 is 33.7 Å². The number of carbonyl (C=O) groups is 3. The van der Waals surface area contributed by atoms with Gasteiger partial charge < -0.3 is 9.47 Å². The Morgan fingerprint density at radius 3 is 2.00 bits per heavy atom. The van der Waals surface area contributed by atoms with Crippen LogP contribution < -0.4 is 0 Å². The molecule has 1 atom stereocenters. The highest BCUT2D eigenvalue weighted by Gasteiger charge is 2.41. The lowest BCUT2D eigenvalue weighted by Crippen LogP contribution is -2.34. The molecule has 136 valence electrons. The van der Waals surface area contributed by atoms with Crippen molar-refractivity contribution in [1.29, 1.82) is 0 Å². The quantitative estimate of drug-likeness (QED) is 0.458. The molecule has 0 aliphatic heterocycles. The molecule has 1 aliphatic rings. The highest BCUT2D eigenvalue weighted by atomic mass is 79.9. The van der Waals surface area contributed by atoms with Gasteiger partial charge in [0.2, 0.25) is 0 Å². The standard InChI is InChI=1S/C19H23BrO5/c1-3-24-18(22)17(19(23)25-4-2)15(11-16(21)13-5-6-13)12-7-9-14(20)10-8-12/h7-10,13,15,17H,3-6,11H2,1-2H3/t15-/m0/s1. The molecule has 1 fully saturated rings. The number of carbonyl (C=O) groups excluding carboxylic acids is 3. The summed E-state index contributed by atoms with van der Waals surface area (Å²) in [5.41, 5.74) is 0.753. The number of halogens is 1. The van der Waals surface area contributed by atoms with Crippen molar-refractivity contribution in [3.8, 4) is 0 Å². The average molecular weight is 411 g/mol. The summed E-state index contributed by atoms with van der Waals surface area (Å²) in [7, 11) is 0. The predicted octanol–water partition coefficient (Wildman–Crippen LogP) is 3.64. The second kappa shape index (κ2) is 9.13. The first-order valence-corrected chi connectivity index (χ1v) is 9.38. The maximum Gasteiger partial charge on any atom is 0.320 e. The largest absolute Gasteiger partial charge is 0.465 e. The summed E-state index contributed by atoms with van der Waals surface area (Å²) in [6.07, 6.45) is 1.90. The average Bonchev–Trinajstić information content (AvgIpc) is 3.40. The second-order valence-corrected chi connectivity index (χ2v) is 7.00. The normalized spacial score (nSPS) is 14.9. The molecule has 1 aliphatic carbocycles. The van der Waals surface area contributed by atoms with Crippen molar-refractivity contribution in [2.24, 2.45) is 11.8 Å². The topological polar surface area (TPSA) is 69.7 Å². The predicted molar refractivity (Wildman–Crippen MR) is 96.0 cm³/mol. The van der Waals surface area contributed by atoms with Gasteiger partial charge in [0, 0.05) is 22.7 Å². The van der Waals surface area contributed by atoms with E-state index in [1.807, 2.05) is 24.3 Å². The van der Waals surface area contributed by atoms with E-state index in [9.17, 15) is 14.4 Å². The Morgan fingerprint density at radius 2 is 1.56 bits per heavy atom. The molecule has 6 heteroatoms. The molecular weight excluding hydrogens is 388 g/mol. The van der Waals surface area contributed by atoms with Gasteiger partial charge in [0.05, 0.1) is 13.2 Å². The molecule has 0 unspecified atom stereocenters. The summed E-state index contributed by atoms with van der Waals surface area (Å²) in [5.74, 6) is -2.85. The number of ketones is 1. The molecule has 0 N–H and O–H groups in total. The molecule has 1 aromatic carbocycles. The molecule has 0 spiro atoms. The molecule has 0 aromatic heterocycles. The Balaban J connectivity index is 2.35. The van der Waals surface area contributed by atoms with Crippen LogP contribution in [0.1, 0.15) is 44.6 Å². The van der Waals surface area contributed by atoms with Gasteiger partial charge in [-0.25, -0.2) is 0 Å². The SMILES string of the molecule is CCOC(=O)C(C(=O)OCC)[C@@H](CC(=O)C1CC1)c1ccc(Br)cc1. The third-order valence-electron chi connectivity index (χ3n) is 4.24. The van der Waals surface area contributed by atoms with Gasteiger partial charge >= 0.3 is 11.9 Å². The number of ether oxygens (including phenoxy) is 2. The maximum absolute atomic E-state index is 12.5. The lowest BCUT2D eigenvalue weighted by atomic mass is 9.81. The van der Waals surface area contributed by atoms with E-state index in [0.29, 0.717) is 0 Å². The molecular formula is C19H23BrO5. The Labute approximate surface area is 156 Å². The van der Waals surface area contributed by atoms with E-state index in [4.69, 9.17) is 9.47 Å². The van der Waals surface area contributed by atoms with Crippen LogP contribution in [0.4, 0.5) is 0 Å². The van der Waals surface area contributed by atoms with Gasteiger partial charge in [-0.15, -0.1) is 0 Å². The number of esters is 2. The molecule has 0 heterocycles. The fourth-order valence-electron chi connectivity index (χ4n) is 2.82. The van der Waals surface area contributed by atoms with Crippen LogP contribution in [0.2, 0.25) is 0 Å². The molecule has 5 nitrogen and oxygen atoms in total. The summed E-state index contributed by atoms with van der Waals surface area (Å²) in [5, 5.41) is 0. The number of hydrogen-bond donors (Lipinski definition) is 0. The number of hydrogen-bond acceptors (Lipinski definition) is 5. The van der Waals surface area contributed by atoms with Crippen LogP contribution in [-0.2, 0) is 23.9 Å². The Kier molecular flexibility index (Phi) is 7.17. The van der Waals surface area contributed by atoms with Crippen molar-refractivity contribution in [1.82, 2.24) is 0 Å². The summed E-state index contributed by atoms with van der Waals surface area (Å²) >= 11 is 3.37. The van der Waals surface area contributed by atoms with Crippen LogP contribution in [0.25, 0.3) is 0 Å².